The molecular formula is C20H29FN4O2. The molecule has 0 radical (unpaired) electrons. The van der Waals surface area contributed by atoms with Gasteiger partial charge in [0.2, 0.25) is 5.91 Å². The summed E-state index contributed by atoms with van der Waals surface area (Å²) < 4.78 is 13.5. The average molecular weight is 376 g/mol. The number of nitrogens with zero attached hydrogens (tertiary/aromatic N) is 2. The highest BCUT2D eigenvalue weighted by Gasteiger charge is 2.32. The Morgan fingerprint density at radius 3 is 2.81 bits per heavy atom. The Kier molecular flexibility index (Phi) is 6.53. The third-order valence-corrected chi connectivity index (χ3v) is 5.32. The maximum absolute atomic E-state index is 13.5. The van der Waals surface area contributed by atoms with E-state index in [1.165, 1.54) is 25.0 Å². The third-order valence-electron chi connectivity index (χ3n) is 5.32. The molecule has 1 saturated heterocycles. The van der Waals surface area contributed by atoms with Gasteiger partial charge in [0.05, 0.1) is 6.54 Å². The first-order valence-corrected chi connectivity index (χ1v) is 9.88. The normalized spacial score (nSPS) is 20.9. The first kappa shape index (κ1) is 19.5. The van der Waals surface area contributed by atoms with E-state index in [0.717, 1.165) is 25.8 Å². The van der Waals surface area contributed by atoms with Crippen LogP contribution in [0, 0.1) is 11.7 Å². The second-order valence-electron chi connectivity index (χ2n) is 7.38. The van der Waals surface area contributed by atoms with E-state index in [1.807, 2.05) is 11.8 Å². The fourth-order valence-electron chi connectivity index (χ4n) is 3.84. The zero-order chi connectivity index (χ0) is 19.2. The summed E-state index contributed by atoms with van der Waals surface area (Å²) in [5, 5.41) is 15.9. The van der Waals surface area contributed by atoms with Crippen molar-refractivity contribution in [3.05, 3.63) is 29.6 Å². The SMILES string of the molecule is CCNC(=NCc1ccc(O)c(F)c1)NC1CCN(C(=O)C2CCCC2)C1. The van der Waals surface area contributed by atoms with Gasteiger partial charge in [0.1, 0.15) is 0 Å². The minimum atomic E-state index is -0.641. The number of nitrogens with one attached hydrogen (secondary N) is 2. The molecule has 1 aliphatic heterocycles. The Morgan fingerprint density at radius 2 is 2.11 bits per heavy atom. The Hall–Kier alpha value is -2.31. The van der Waals surface area contributed by atoms with E-state index in [4.69, 9.17) is 0 Å². The van der Waals surface area contributed by atoms with Crippen LogP contribution in [-0.4, -0.2) is 47.5 Å². The summed E-state index contributed by atoms with van der Waals surface area (Å²) >= 11 is 0. The number of phenolic OH excluding ortho intramolecular Hbond substituents is 1. The molecule has 1 aromatic carbocycles. The van der Waals surface area contributed by atoms with Crippen LogP contribution in [0.2, 0.25) is 0 Å². The van der Waals surface area contributed by atoms with Crippen molar-refractivity contribution in [2.45, 2.75) is 51.6 Å². The number of benzene rings is 1. The van der Waals surface area contributed by atoms with Gasteiger partial charge in [0.15, 0.2) is 17.5 Å². The molecule has 1 aliphatic carbocycles. The number of hydrogen-bond acceptors (Lipinski definition) is 3. The lowest BCUT2D eigenvalue weighted by atomic mass is 10.1. The lowest BCUT2D eigenvalue weighted by molar-refractivity contribution is -0.134. The summed E-state index contributed by atoms with van der Waals surface area (Å²) in [6.07, 6.45) is 5.29. The zero-order valence-corrected chi connectivity index (χ0v) is 15.9. The van der Waals surface area contributed by atoms with E-state index in [0.29, 0.717) is 37.1 Å². The fourth-order valence-corrected chi connectivity index (χ4v) is 3.84. The molecule has 1 atom stereocenters. The smallest absolute Gasteiger partial charge is 0.225 e. The van der Waals surface area contributed by atoms with E-state index in [9.17, 15) is 14.3 Å². The largest absolute Gasteiger partial charge is 0.505 e. The summed E-state index contributed by atoms with van der Waals surface area (Å²) in [4.78, 5) is 19.1. The quantitative estimate of drug-likeness (QED) is 0.545. The van der Waals surface area contributed by atoms with Gasteiger partial charge in [0, 0.05) is 31.6 Å². The van der Waals surface area contributed by atoms with Crippen molar-refractivity contribution in [1.29, 1.82) is 0 Å². The number of amides is 1. The van der Waals surface area contributed by atoms with Crippen molar-refractivity contribution < 1.29 is 14.3 Å². The van der Waals surface area contributed by atoms with Gasteiger partial charge in [-0.2, -0.15) is 0 Å². The number of carbonyl (C=O) groups excluding carboxylic acids is 1. The minimum absolute atomic E-state index is 0.171. The maximum Gasteiger partial charge on any atom is 0.225 e. The van der Waals surface area contributed by atoms with Gasteiger partial charge in [-0.1, -0.05) is 18.9 Å². The van der Waals surface area contributed by atoms with Crippen molar-refractivity contribution in [3.63, 3.8) is 0 Å². The van der Waals surface area contributed by atoms with Gasteiger partial charge in [-0.05, 0) is 43.9 Å². The Bertz CT molecular complexity index is 689. The average Bonchev–Trinajstić information content (AvgIpc) is 3.34. The molecule has 1 saturated carbocycles. The predicted octanol–water partition coefficient (Wildman–Crippen LogP) is 2.38. The number of aliphatic imine (C=N–C) groups is 1. The summed E-state index contributed by atoms with van der Waals surface area (Å²) in [5.41, 5.74) is 0.687. The van der Waals surface area contributed by atoms with Crippen LogP contribution in [0.4, 0.5) is 4.39 Å². The molecule has 1 aromatic rings. The van der Waals surface area contributed by atoms with Crippen LogP contribution in [0.3, 0.4) is 0 Å². The molecule has 6 nitrogen and oxygen atoms in total. The number of halogens is 1. The van der Waals surface area contributed by atoms with Gasteiger partial charge < -0.3 is 20.6 Å². The first-order valence-electron chi connectivity index (χ1n) is 9.88. The lowest BCUT2D eigenvalue weighted by Crippen LogP contribution is -2.45. The van der Waals surface area contributed by atoms with Crippen molar-refractivity contribution >= 4 is 11.9 Å². The summed E-state index contributed by atoms with van der Waals surface area (Å²) in [6, 6.07) is 4.46. The zero-order valence-electron chi connectivity index (χ0n) is 15.9. The van der Waals surface area contributed by atoms with Gasteiger partial charge in [-0.3, -0.25) is 4.79 Å². The second-order valence-corrected chi connectivity index (χ2v) is 7.38. The molecular weight excluding hydrogens is 347 g/mol. The molecule has 148 valence electrons. The van der Waals surface area contributed by atoms with E-state index >= 15 is 0 Å². The third kappa shape index (κ3) is 5.11. The van der Waals surface area contributed by atoms with Crippen LogP contribution in [0.15, 0.2) is 23.2 Å². The van der Waals surface area contributed by atoms with E-state index in [1.54, 1.807) is 6.07 Å². The fraction of sp³-hybridized carbons (Fsp3) is 0.600. The highest BCUT2D eigenvalue weighted by molar-refractivity contribution is 5.81. The van der Waals surface area contributed by atoms with Gasteiger partial charge in [-0.15, -0.1) is 0 Å². The van der Waals surface area contributed by atoms with Gasteiger partial charge in [0.25, 0.3) is 0 Å². The number of guanidine groups is 1. The molecule has 1 unspecified atom stereocenters. The van der Waals surface area contributed by atoms with Crippen LogP contribution < -0.4 is 10.6 Å². The molecule has 27 heavy (non-hydrogen) atoms. The number of phenols is 1. The Balaban J connectivity index is 1.55. The molecule has 3 N–H and O–H groups in total. The van der Waals surface area contributed by atoms with Crippen molar-refractivity contribution in [3.8, 4) is 5.75 Å². The first-order chi connectivity index (χ1) is 13.1. The highest BCUT2D eigenvalue weighted by Crippen LogP contribution is 2.27. The molecule has 2 aliphatic rings. The van der Waals surface area contributed by atoms with Gasteiger partial charge >= 0.3 is 0 Å². The van der Waals surface area contributed by atoms with Crippen LogP contribution in [0.5, 0.6) is 5.75 Å². The topological polar surface area (TPSA) is 77.0 Å². The number of hydrogen-bond donors (Lipinski definition) is 3. The number of rotatable bonds is 5. The minimum Gasteiger partial charge on any atom is -0.505 e. The monoisotopic (exact) mass is 376 g/mol. The molecule has 2 fully saturated rings. The number of aromatic hydroxyl groups is 1. The standard InChI is InChI=1S/C20H29FN4O2/c1-2-22-20(23-12-14-7-8-18(26)17(21)11-14)24-16-9-10-25(13-16)19(27)15-5-3-4-6-15/h7-8,11,15-16,26H,2-6,9-10,12-13H2,1H3,(H2,22,23,24). The Labute approximate surface area is 159 Å². The van der Waals surface area contributed by atoms with Crippen LogP contribution in [0.1, 0.15) is 44.6 Å². The molecule has 0 bridgehead atoms. The lowest BCUT2D eigenvalue weighted by Gasteiger charge is -2.21. The van der Waals surface area contributed by atoms with Gasteiger partial charge in [-0.25, -0.2) is 9.38 Å². The van der Waals surface area contributed by atoms with Crippen molar-refractivity contribution in [2.24, 2.45) is 10.9 Å². The molecule has 1 amide bonds. The van der Waals surface area contributed by atoms with E-state index in [-0.39, 0.29) is 17.7 Å². The van der Waals surface area contributed by atoms with Crippen LogP contribution in [0.25, 0.3) is 0 Å². The second kappa shape index (κ2) is 9.06. The Morgan fingerprint density at radius 1 is 1.33 bits per heavy atom. The van der Waals surface area contributed by atoms with Crippen molar-refractivity contribution in [2.75, 3.05) is 19.6 Å². The summed E-state index contributed by atoms with van der Waals surface area (Å²) in [7, 11) is 0. The number of likely N-dealkylation sites (tertiary alicyclic amines) is 1. The highest BCUT2D eigenvalue weighted by atomic mass is 19.1. The summed E-state index contributed by atoms with van der Waals surface area (Å²) in [6.45, 7) is 4.50. The summed E-state index contributed by atoms with van der Waals surface area (Å²) in [5.74, 6) is 0.183. The maximum atomic E-state index is 13.5. The molecule has 3 rings (SSSR count). The van der Waals surface area contributed by atoms with E-state index < -0.39 is 5.82 Å². The molecule has 7 heteroatoms. The van der Waals surface area contributed by atoms with Crippen molar-refractivity contribution in [1.82, 2.24) is 15.5 Å². The van der Waals surface area contributed by atoms with Crippen LogP contribution in [-0.2, 0) is 11.3 Å². The molecule has 0 spiro atoms. The molecule has 1 heterocycles. The number of carbonyl (C=O) groups is 1. The van der Waals surface area contributed by atoms with Crippen LogP contribution >= 0.6 is 0 Å². The molecule has 0 aromatic heterocycles. The predicted molar refractivity (Wildman–Crippen MR) is 103 cm³/mol. The van der Waals surface area contributed by atoms with E-state index in [2.05, 4.69) is 15.6 Å².